The Kier molecular flexibility index (Phi) is 8.08. The molecule has 0 amide bonds. The van der Waals surface area contributed by atoms with Crippen molar-refractivity contribution < 1.29 is 19.3 Å². The minimum absolute atomic E-state index is 0.131. The molecular weight excluding hydrogens is 184 g/mol. The fourth-order valence-corrected chi connectivity index (χ4v) is 1.38. The summed E-state index contributed by atoms with van der Waals surface area (Å²) in [7, 11) is 4.82. The quantitative estimate of drug-likeness (QED) is 0.639. The molecule has 0 radical (unpaired) electrons. The first-order valence-electron chi connectivity index (χ1n) is 4.92. The maximum Gasteiger partial charge on any atom is 0.103 e. The normalized spacial score (nSPS) is 17.8. The van der Waals surface area contributed by atoms with Crippen LogP contribution in [-0.2, 0) is 14.2 Å². The summed E-state index contributed by atoms with van der Waals surface area (Å²) in [5, 5.41) is 9.64. The van der Waals surface area contributed by atoms with Crippen molar-refractivity contribution in [3.05, 3.63) is 0 Å². The zero-order valence-corrected chi connectivity index (χ0v) is 9.53. The average Bonchev–Trinajstić information content (AvgIpc) is 2.20. The fraction of sp³-hybridized carbons (Fsp3) is 1.00. The molecule has 86 valence electrons. The molecule has 0 aliphatic heterocycles. The summed E-state index contributed by atoms with van der Waals surface area (Å²) < 4.78 is 15.3. The first-order chi connectivity index (χ1) is 6.69. The molecule has 4 nitrogen and oxygen atoms in total. The smallest absolute Gasteiger partial charge is 0.103 e. The van der Waals surface area contributed by atoms with Crippen molar-refractivity contribution in [1.29, 1.82) is 0 Å². The van der Waals surface area contributed by atoms with E-state index in [-0.39, 0.29) is 12.2 Å². The highest BCUT2D eigenvalue weighted by Crippen LogP contribution is 2.12. The van der Waals surface area contributed by atoms with Crippen LogP contribution < -0.4 is 0 Å². The molecule has 0 aromatic heterocycles. The molecule has 3 atom stereocenters. The Bertz CT molecular complexity index is 125. The van der Waals surface area contributed by atoms with Gasteiger partial charge < -0.3 is 19.3 Å². The van der Waals surface area contributed by atoms with E-state index in [0.717, 1.165) is 6.42 Å². The van der Waals surface area contributed by atoms with Gasteiger partial charge in [0.1, 0.15) is 6.10 Å². The van der Waals surface area contributed by atoms with Gasteiger partial charge in [-0.2, -0.15) is 0 Å². The lowest BCUT2D eigenvalue weighted by atomic mass is 10.1. The van der Waals surface area contributed by atoms with Gasteiger partial charge in [-0.25, -0.2) is 0 Å². The number of rotatable bonds is 8. The minimum Gasteiger partial charge on any atom is -0.388 e. The zero-order chi connectivity index (χ0) is 11.0. The van der Waals surface area contributed by atoms with E-state index in [4.69, 9.17) is 14.2 Å². The number of aliphatic hydroxyl groups is 1. The highest BCUT2D eigenvalue weighted by Gasteiger charge is 2.22. The molecule has 0 aromatic carbocycles. The fourth-order valence-electron chi connectivity index (χ4n) is 1.38. The van der Waals surface area contributed by atoms with Gasteiger partial charge in [-0.1, -0.05) is 6.92 Å². The van der Waals surface area contributed by atoms with E-state index in [1.54, 1.807) is 21.3 Å². The Labute approximate surface area is 86.2 Å². The lowest BCUT2D eigenvalue weighted by Crippen LogP contribution is -2.35. The summed E-state index contributed by atoms with van der Waals surface area (Å²) >= 11 is 0. The van der Waals surface area contributed by atoms with Crippen LogP contribution in [0.15, 0.2) is 0 Å². The van der Waals surface area contributed by atoms with E-state index >= 15 is 0 Å². The topological polar surface area (TPSA) is 47.9 Å². The van der Waals surface area contributed by atoms with Crippen LogP contribution in [0.4, 0.5) is 0 Å². The van der Waals surface area contributed by atoms with Gasteiger partial charge in [0, 0.05) is 27.8 Å². The number of methoxy groups -OCH3 is 3. The van der Waals surface area contributed by atoms with Gasteiger partial charge in [0.05, 0.1) is 18.8 Å². The van der Waals surface area contributed by atoms with Crippen molar-refractivity contribution >= 4 is 0 Å². The van der Waals surface area contributed by atoms with E-state index in [1.807, 2.05) is 6.92 Å². The molecule has 0 fully saturated rings. The summed E-state index contributed by atoms with van der Waals surface area (Å²) in [5.74, 6) is 0. The molecule has 0 aromatic rings. The third kappa shape index (κ3) is 4.91. The molecule has 0 aliphatic carbocycles. The first kappa shape index (κ1) is 13.8. The minimum atomic E-state index is -0.589. The highest BCUT2D eigenvalue weighted by atomic mass is 16.5. The molecule has 14 heavy (non-hydrogen) atoms. The van der Waals surface area contributed by atoms with Gasteiger partial charge in [-0.05, 0) is 6.42 Å². The largest absolute Gasteiger partial charge is 0.388 e. The molecule has 0 bridgehead atoms. The van der Waals surface area contributed by atoms with Crippen molar-refractivity contribution in [2.45, 2.75) is 38.1 Å². The third-order valence-corrected chi connectivity index (χ3v) is 2.35. The van der Waals surface area contributed by atoms with Crippen molar-refractivity contribution in [2.75, 3.05) is 27.9 Å². The van der Waals surface area contributed by atoms with E-state index in [2.05, 4.69) is 0 Å². The van der Waals surface area contributed by atoms with Crippen LogP contribution in [0.25, 0.3) is 0 Å². The van der Waals surface area contributed by atoms with Crippen molar-refractivity contribution in [3.63, 3.8) is 0 Å². The SMILES string of the molecule is CC[C@@H](C[C@H](OC)[C@H](O)COC)OC. The van der Waals surface area contributed by atoms with Crippen LogP contribution in [0.2, 0.25) is 0 Å². The summed E-state index contributed by atoms with van der Waals surface area (Å²) in [6.07, 6.45) is 0.921. The third-order valence-electron chi connectivity index (χ3n) is 2.35. The van der Waals surface area contributed by atoms with Gasteiger partial charge in [-0.15, -0.1) is 0 Å². The molecule has 0 saturated carbocycles. The number of hydrogen-bond donors (Lipinski definition) is 1. The molecule has 0 aliphatic rings. The molecule has 1 N–H and O–H groups in total. The molecule has 0 unspecified atom stereocenters. The Hall–Kier alpha value is -0.160. The predicted octanol–water partition coefficient (Wildman–Crippen LogP) is 0.824. The second-order valence-electron chi connectivity index (χ2n) is 3.30. The average molecular weight is 206 g/mol. The lowest BCUT2D eigenvalue weighted by Gasteiger charge is -2.24. The summed E-state index contributed by atoms with van der Waals surface area (Å²) in [6.45, 7) is 2.34. The van der Waals surface area contributed by atoms with Gasteiger partial charge in [0.15, 0.2) is 0 Å². The Morgan fingerprint density at radius 2 is 1.79 bits per heavy atom. The van der Waals surface area contributed by atoms with Crippen LogP contribution in [0.3, 0.4) is 0 Å². The maximum atomic E-state index is 9.64. The van der Waals surface area contributed by atoms with Crippen LogP contribution in [-0.4, -0.2) is 51.4 Å². The van der Waals surface area contributed by atoms with Gasteiger partial charge >= 0.3 is 0 Å². The second kappa shape index (κ2) is 8.17. The van der Waals surface area contributed by atoms with Gasteiger partial charge in [0.25, 0.3) is 0 Å². The van der Waals surface area contributed by atoms with Crippen LogP contribution >= 0.6 is 0 Å². The molecule has 0 spiro atoms. The maximum absolute atomic E-state index is 9.64. The standard InChI is InChI=1S/C10H22O4/c1-5-8(13-3)6-10(14-4)9(11)7-12-2/h8-11H,5-7H2,1-4H3/t8-,9+,10-/m0/s1. The second-order valence-corrected chi connectivity index (χ2v) is 3.30. The van der Waals surface area contributed by atoms with E-state index in [1.165, 1.54) is 0 Å². The zero-order valence-electron chi connectivity index (χ0n) is 9.53. The van der Waals surface area contributed by atoms with E-state index in [9.17, 15) is 5.11 Å². The van der Waals surface area contributed by atoms with Crippen LogP contribution in [0, 0.1) is 0 Å². The molecule has 0 heterocycles. The lowest BCUT2D eigenvalue weighted by molar-refractivity contribution is -0.0699. The van der Waals surface area contributed by atoms with Crippen LogP contribution in [0.5, 0.6) is 0 Å². The van der Waals surface area contributed by atoms with Crippen molar-refractivity contribution in [1.82, 2.24) is 0 Å². The van der Waals surface area contributed by atoms with Crippen molar-refractivity contribution in [3.8, 4) is 0 Å². The molecule has 4 heteroatoms. The van der Waals surface area contributed by atoms with Gasteiger partial charge in [-0.3, -0.25) is 0 Å². The number of ether oxygens (including phenoxy) is 3. The summed E-state index contributed by atoms with van der Waals surface area (Å²) in [4.78, 5) is 0. The number of hydrogen-bond acceptors (Lipinski definition) is 4. The van der Waals surface area contributed by atoms with E-state index in [0.29, 0.717) is 13.0 Å². The summed E-state index contributed by atoms with van der Waals surface area (Å²) in [5.41, 5.74) is 0. The molecule has 0 saturated heterocycles. The van der Waals surface area contributed by atoms with Gasteiger partial charge in [0.2, 0.25) is 0 Å². The van der Waals surface area contributed by atoms with Crippen LogP contribution in [0.1, 0.15) is 19.8 Å². The Morgan fingerprint density at radius 1 is 1.14 bits per heavy atom. The Morgan fingerprint density at radius 3 is 2.14 bits per heavy atom. The molecule has 0 rings (SSSR count). The van der Waals surface area contributed by atoms with Crippen molar-refractivity contribution in [2.24, 2.45) is 0 Å². The Balaban J connectivity index is 3.98. The van der Waals surface area contributed by atoms with E-state index < -0.39 is 6.10 Å². The highest BCUT2D eigenvalue weighted by molar-refractivity contribution is 4.72. The molecular formula is C10H22O4. The summed E-state index contributed by atoms with van der Waals surface area (Å²) in [6, 6.07) is 0. The first-order valence-corrected chi connectivity index (χ1v) is 4.92. The predicted molar refractivity (Wildman–Crippen MR) is 54.4 cm³/mol. The number of aliphatic hydroxyl groups excluding tert-OH is 1. The monoisotopic (exact) mass is 206 g/mol.